The summed E-state index contributed by atoms with van der Waals surface area (Å²) in [5.41, 5.74) is 7.95. The van der Waals surface area contributed by atoms with Crippen LogP contribution in [0.25, 0.3) is 10.9 Å². The molecule has 17 heavy (non-hydrogen) atoms. The summed E-state index contributed by atoms with van der Waals surface area (Å²) in [5, 5.41) is 1.15. The van der Waals surface area contributed by atoms with Gasteiger partial charge in [-0.1, -0.05) is 31.2 Å². The number of nitrogens with zero attached hydrogens (tertiary/aromatic N) is 2. The van der Waals surface area contributed by atoms with E-state index in [1.54, 1.807) is 0 Å². The van der Waals surface area contributed by atoms with Crippen LogP contribution >= 0.6 is 0 Å². The SMILES string of the molecule is CCCC(N)=NCc1cccc2cccnc12. The molecule has 2 rings (SSSR count). The van der Waals surface area contributed by atoms with Crippen molar-refractivity contribution in [3.8, 4) is 0 Å². The van der Waals surface area contributed by atoms with Crippen molar-refractivity contribution in [2.75, 3.05) is 0 Å². The fraction of sp³-hybridized carbons (Fsp3) is 0.286. The van der Waals surface area contributed by atoms with E-state index in [0.29, 0.717) is 6.54 Å². The van der Waals surface area contributed by atoms with E-state index in [-0.39, 0.29) is 0 Å². The molecule has 1 heterocycles. The predicted molar refractivity (Wildman–Crippen MR) is 72.0 cm³/mol. The standard InChI is InChI=1S/C14H17N3/c1-2-5-13(15)17-10-12-7-3-6-11-8-4-9-16-14(11)12/h3-4,6-9H,2,5,10H2,1H3,(H2,15,17). The second-order valence-corrected chi connectivity index (χ2v) is 4.05. The number of amidine groups is 1. The van der Waals surface area contributed by atoms with Gasteiger partial charge in [0.25, 0.3) is 0 Å². The van der Waals surface area contributed by atoms with Crippen LogP contribution < -0.4 is 5.73 Å². The van der Waals surface area contributed by atoms with Crippen LogP contribution in [-0.4, -0.2) is 10.8 Å². The monoisotopic (exact) mass is 227 g/mol. The highest BCUT2D eigenvalue weighted by atomic mass is 14.8. The molecule has 1 aromatic heterocycles. The summed E-state index contributed by atoms with van der Waals surface area (Å²) in [6.45, 7) is 2.71. The average Bonchev–Trinajstić information content (AvgIpc) is 2.36. The van der Waals surface area contributed by atoms with Gasteiger partial charge in [0.15, 0.2) is 0 Å². The van der Waals surface area contributed by atoms with Gasteiger partial charge >= 0.3 is 0 Å². The van der Waals surface area contributed by atoms with E-state index >= 15 is 0 Å². The first-order valence-corrected chi connectivity index (χ1v) is 5.92. The molecule has 0 atom stereocenters. The summed E-state index contributed by atoms with van der Waals surface area (Å²) in [6.07, 6.45) is 3.70. The summed E-state index contributed by atoms with van der Waals surface area (Å²) in [4.78, 5) is 8.78. The Kier molecular flexibility index (Phi) is 3.70. The number of rotatable bonds is 4. The number of hydrogen-bond acceptors (Lipinski definition) is 2. The topological polar surface area (TPSA) is 51.3 Å². The Balaban J connectivity index is 2.27. The lowest BCUT2D eigenvalue weighted by Crippen LogP contribution is -2.11. The van der Waals surface area contributed by atoms with Gasteiger partial charge in [-0.2, -0.15) is 0 Å². The maximum Gasteiger partial charge on any atom is 0.0941 e. The molecule has 0 aliphatic carbocycles. The molecule has 0 unspecified atom stereocenters. The van der Waals surface area contributed by atoms with E-state index in [9.17, 15) is 0 Å². The number of aliphatic imine (C=N–C) groups is 1. The van der Waals surface area contributed by atoms with Crippen LogP contribution in [0.4, 0.5) is 0 Å². The largest absolute Gasteiger partial charge is 0.387 e. The van der Waals surface area contributed by atoms with Crippen molar-refractivity contribution in [2.45, 2.75) is 26.3 Å². The molecule has 2 aromatic rings. The van der Waals surface area contributed by atoms with Gasteiger partial charge < -0.3 is 5.73 Å². The number of benzene rings is 1. The zero-order chi connectivity index (χ0) is 12.1. The highest BCUT2D eigenvalue weighted by Crippen LogP contribution is 2.16. The Hall–Kier alpha value is -1.90. The minimum Gasteiger partial charge on any atom is -0.387 e. The second-order valence-electron chi connectivity index (χ2n) is 4.05. The van der Waals surface area contributed by atoms with Gasteiger partial charge in [-0.25, -0.2) is 0 Å². The molecule has 0 saturated heterocycles. The van der Waals surface area contributed by atoms with E-state index in [2.05, 4.69) is 35.1 Å². The zero-order valence-electron chi connectivity index (χ0n) is 10.1. The molecular weight excluding hydrogens is 210 g/mol. The molecule has 0 aliphatic heterocycles. The molecule has 2 N–H and O–H groups in total. The summed E-state index contributed by atoms with van der Waals surface area (Å²) in [6, 6.07) is 10.2. The normalized spacial score (nSPS) is 11.9. The third kappa shape index (κ3) is 2.81. The van der Waals surface area contributed by atoms with E-state index in [1.807, 2.05) is 18.3 Å². The summed E-state index contributed by atoms with van der Waals surface area (Å²) >= 11 is 0. The van der Waals surface area contributed by atoms with Crippen molar-refractivity contribution < 1.29 is 0 Å². The van der Waals surface area contributed by atoms with E-state index in [1.165, 1.54) is 0 Å². The number of aromatic nitrogens is 1. The van der Waals surface area contributed by atoms with Crippen LogP contribution in [0.15, 0.2) is 41.5 Å². The van der Waals surface area contributed by atoms with Gasteiger partial charge in [0.05, 0.1) is 17.9 Å². The fourth-order valence-corrected chi connectivity index (χ4v) is 1.82. The van der Waals surface area contributed by atoms with E-state index < -0.39 is 0 Å². The van der Waals surface area contributed by atoms with Gasteiger partial charge in [-0.05, 0) is 18.1 Å². The molecule has 1 aromatic carbocycles. The summed E-state index contributed by atoms with van der Waals surface area (Å²) in [5.74, 6) is 0.723. The molecule has 0 aliphatic rings. The van der Waals surface area contributed by atoms with Crippen LogP contribution in [0.2, 0.25) is 0 Å². The lowest BCUT2D eigenvalue weighted by atomic mass is 10.1. The minimum absolute atomic E-state index is 0.611. The van der Waals surface area contributed by atoms with Crippen molar-refractivity contribution >= 4 is 16.7 Å². The fourth-order valence-electron chi connectivity index (χ4n) is 1.82. The van der Waals surface area contributed by atoms with Crippen molar-refractivity contribution in [1.29, 1.82) is 0 Å². The maximum absolute atomic E-state index is 5.81. The van der Waals surface area contributed by atoms with Crippen molar-refractivity contribution in [3.05, 3.63) is 42.1 Å². The molecular formula is C14H17N3. The van der Waals surface area contributed by atoms with Gasteiger partial charge in [0, 0.05) is 18.0 Å². The van der Waals surface area contributed by atoms with Crippen LogP contribution in [0.1, 0.15) is 25.3 Å². The third-order valence-corrected chi connectivity index (χ3v) is 2.67. The molecule has 3 heteroatoms. The van der Waals surface area contributed by atoms with E-state index in [0.717, 1.165) is 35.1 Å². The number of pyridine rings is 1. The van der Waals surface area contributed by atoms with Gasteiger partial charge in [-0.15, -0.1) is 0 Å². The highest BCUT2D eigenvalue weighted by Gasteiger charge is 2.00. The maximum atomic E-state index is 5.81. The Morgan fingerprint density at radius 2 is 2.12 bits per heavy atom. The van der Waals surface area contributed by atoms with Gasteiger partial charge in [0.1, 0.15) is 0 Å². The van der Waals surface area contributed by atoms with Crippen LogP contribution in [-0.2, 0) is 6.54 Å². The minimum atomic E-state index is 0.611. The lowest BCUT2D eigenvalue weighted by Gasteiger charge is -2.03. The van der Waals surface area contributed by atoms with Crippen molar-refractivity contribution in [2.24, 2.45) is 10.7 Å². The zero-order valence-corrected chi connectivity index (χ0v) is 10.1. The van der Waals surface area contributed by atoms with Crippen molar-refractivity contribution in [3.63, 3.8) is 0 Å². The average molecular weight is 227 g/mol. The van der Waals surface area contributed by atoms with E-state index in [4.69, 9.17) is 5.73 Å². The first-order chi connectivity index (χ1) is 8.31. The summed E-state index contributed by atoms with van der Waals surface area (Å²) in [7, 11) is 0. The lowest BCUT2D eigenvalue weighted by molar-refractivity contribution is 0.956. The smallest absolute Gasteiger partial charge is 0.0941 e. The Morgan fingerprint density at radius 3 is 2.94 bits per heavy atom. The molecule has 88 valence electrons. The Labute approximate surface area is 101 Å². The second kappa shape index (κ2) is 5.43. The molecule has 0 bridgehead atoms. The van der Waals surface area contributed by atoms with Crippen LogP contribution in [0, 0.1) is 0 Å². The van der Waals surface area contributed by atoms with Crippen LogP contribution in [0.5, 0.6) is 0 Å². The predicted octanol–water partition coefficient (Wildman–Crippen LogP) is 2.89. The molecule has 0 spiro atoms. The first-order valence-electron chi connectivity index (χ1n) is 5.92. The van der Waals surface area contributed by atoms with Crippen LogP contribution in [0.3, 0.4) is 0 Å². The molecule has 0 amide bonds. The van der Waals surface area contributed by atoms with Crippen molar-refractivity contribution in [1.82, 2.24) is 4.98 Å². The molecule has 0 radical (unpaired) electrons. The number of para-hydroxylation sites is 1. The number of hydrogen-bond donors (Lipinski definition) is 1. The van der Waals surface area contributed by atoms with Gasteiger partial charge in [-0.3, -0.25) is 9.98 Å². The number of fused-ring (bicyclic) bond motifs is 1. The highest BCUT2D eigenvalue weighted by molar-refractivity contribution is 5.83. The molecule has 0 fully saturated rings. The quantitative estimate of drug-likeness (QED) is 0.645. The Bertz CT molecular complexity index is 526. The van der Waals surface area contributed by atoms with Gasteiger partial charge in [0.2, 0.25) is 0 Å². The molecule has 0 saturated carbocycles. The first kappa shape index (κ1) is 11.6. The third-order valence-electron chi connectivity index (χ3n) is 2.67. The Morgan fingerprint density at radius 1 is 1.29 bits per heavy atom. The molecule has 3 nitrogen and oxygen atoms in total. The summed E-state index contributed by atoms with van der Waals surface area (Å²) < 4.78 is 0. The number of nitrogens with two attached hydrogens (primary N) is 1.